The average molecular weight is 905 g/mol. The van der Waals surface area contributed by atoms with Gasteiger partial charge in [0.15, 0.2) is 12.8 Å². The number of amides is 2. The van der Waals surface area contributed by atoms with E-state index in [9.17, 15) is 9.59 Å². The van der Waals surface area contributed by atoms with Crippen molar-refractivity contribution in [1.82, 2.24) is 30.6 Å². The van der Waals surface area contributed by atoms with Gasteiger partial charge < -0.3 is 40.4 Å². The number of nitrogens with two attached hydrogens (primary N) is 2. The molecule has 4 aliphatic rings. The van der Waals surface area contributed by atoms with Crippen LogP contribution >= 0.6 is 0 Å². The standard InChI is InChI=1S/2C27H24N4O3/c1-14-7-24(28)31-15(2)23(14)11-29-27(32)17-4-6-20-22(10-17)26-19-5-3-16(8-18-12-33-13-30-18)9-21(19)25(20)34-26;1-14-7-24(28)31-15(2)23(14)11-29-27(32)17-4-6-20-22(10-17)26-21-9-16(8-18-12-33-13-30-18)3-5-19(21)25(20)34-26/h2*3-7,9-10,12-13,25-26H,8,11H2,1-2H3,(H2,28,31)(H,29,32). The van der Waals surface area contributed by atoms with Gasteiger partial charge in [0.1, 0.15) is 48.6 Å². The molecule has 12 rings (SSSR count). The Morgan fingerprint density at radius 1 is 0.515 bits per heavy atom. The van der Waals surface area contributed by atoms with E-state index in [1.54, 1.807) is 12.5 Å². The maximum atomic E-state index is 13.0. The number of pyridine rings is 2. The number of aromatic nitrogens is 4. The number of hydrogen-bond donors (Lipinski definition) is 4. The Balaban J connectivity index is 0.000000149. The molecule has 8 aromatic rings. The second kappa shape index (κ2) is 17.0. The van der Waals surface area contributed by atoms with Crippen LogP contribution in [0.25, 0.3) is 0 Å². The molecule has 0 saturated carbocycles. The summed E-state index contributed by atoms with van der Waals surface area (Å²) in [4.78, 5) is 43.0. The van der Waals surface area contributed by atoms with Crippen molar-refractivity contribution in [1.29, 1.82) is 0 Å². The van der Waals surface area contributed by atoms with Crippen LogP contribution in [-0.4, -0.2) is 31.8 Å². The summed E-state index contributed by atoms with van der Waals surface area (Å²) in [5.74, 6) is 0.734. The number of hydrogen-bond acceptors (Lipinski definition) is 12. The van der Waals surface area contributed by atoms with Crippen molar-refractivity contribution in [3.63, 3.8) is 0 Å². The van der Waals surface area contributed by atoms with Crippen molar-refractivity contribution in [3.05, 3.63) is 222 Å². The van der Waals surface area contributed by atoms with Crippen molar-refractivity contribution < 1.29 is 27.9 Å². The smallest absolute Gasteiger partial charge is 0.251 e. The van der Waals surface area contributed by atoms with E-state index < -0.39 is 0 Å². The van der Waals surface area contributed by atoms with Gasteiger partial charge in [-0.3, -0.25) is 9.59 Å². The summed E-state index contributed by atoms with van der Waals surface area (Å²) in [7, 11) is 0. The Morgan fingerprint density at radius 3 is 1.29 bits per heavy atom. The Labute approximate surface area is 392 Å². The van der Waals surface area contributed by atoms with Gasteiger partial charge in [-0.2, -0.15) is 0 Å². The lowest BCUT2D eigenvalue weighted by molar-refractivity contribution is 0.0855. The molecule has 14 nitrogen and oxygen atoms in total. The summed E-state index contributed by atoms with van der Waals surface area (Å²) < 4.78 is 22.8. The third-order valence-corrected chi connectivity index (χ3v) is 13.5. The van der Waals surface area contributed by atoms with E-state index in [0.717, 1.165) is 90.4 Å². The molecule has 2 amide bonds. The molecule has 0 fully saturated rings. The molecule has 0 aliphatic carbocycles. The van der Waals surface area contributed by atoms with Crippen LogP contribution in [0.4, 0.5) is 11.6 Å². The molecule has 0 spiro atoms. The number of carbonyl (C=O) groups excluding carboxylic acids is 2. The van der Waals surface area contributed by atoms with Crippen molar-refractivity contribution in [3.8, 4) is 0 Å². The summed E-state index contributed by atoms with van der Waals surface area (Å²) in [5.41, 5.74) is 31.8. The van der Waals surface area contributed by atoms with Gasteiger partial charge in [-0.25, -0.2) is 19.9 Å². The summed E-state index contributed by atoms with van der Waals surface area (Å²) in [6.45, 7) is 8.57. The van der Waals surface area contributed by atoms with Crippen LogP contribution in [0.3, 0.4) is 0 Å². The molecule has 14 heteroatoms. The summed E-state index contributed by atoms with van der Waals surface area (Å²) >= 11 is 0. The van der Waals surface area contributed by atoms with Gasteiger partial charge in [-0.15, -0.1) is 0 Å². The van der Waals surface area contributed by atoms with Gasteiger partial charge >= 0.3 is 0 Å². The second-order valence-electron chi connectivity index (χ2n) is 17.9. The maximum absolute atomic E-state index is 13.0. The Hall–Kier alpha value is -7.94. The van der Waals surface area contributed by atoms with E-state index in [1.807, 2.05) is 76.2 Å². The van der Waals surface area contributed by atoms with Crippen LogP contribution in [0.5, 0.6) is 0 Å². The number of ether oxygens (including phenoxy) is 2. The largest absolute Gasteiger partial charge is 0.451 e. The molecule has 340 valence electrons. The highest BCUT2D eigenvalue weighted by molar-refractivity contribution is 5.95. The zero-order valence-corrected chi connectivity index (χ0v) is 37.9. The van der Waals surface area contributed by atoms with E-state index in [0.29, 0.717) is 42.3 Å². The van der Waals surface area contributed by atoms with Crippen LogP contribution in [0, 0.1) is 27.7 Å². The average Bonchev–Trinajstić information content (AvgIpc) is 4.20. The Morgan fingerprint density at radius 2 is 0.897 bits per heavy atom. The Bertz CT molecular complexity index is 3250. The van der Waals surface area contributed by atoms with Gasteiger partial charge in [0, 0.05) is 48.4 Å². The van der Waals surface area contributed by atoms with Gasteiger partial charge in [0.2, 0.25) is 0 Å². The zero-order valence-electron chi connectivity index (χ0n) is 37.9. The minimum absolute atomic E-state index is 0.0839. The SMILES string of the molecule is Cc1cc(N)nc(C)c1CNC(=O)c1ccc2c(c1)C1OC2c2cc(Cc3cocn3)ccc21.Cc1cc(N)nc(C)c1CNC(=O)c1ccc2c(c1)C1OC2c2ccc(Cc3cocn3)cc21. The quantitative estimate of drug-likeness (QED) is 0.102. The third kappa shape index (κ3) is 7.76. The number of carbonyl (C=O) groups is 2. The number of fused-ring (bicyclic) bond motifs is 16. The monoisotopic (exact) mass is 904 g/mol. The van der Waals surface area contributed by atoms with Gasteiger partial charge in [-0.1, -0.05) is 48.5 Å². The molecular weight excluding hydrogens is 857 g/mol. The number of nitrogens with zero attached hydrogens (tertiary/aromatic N) is 4. The first-order valence-electron chi connectivity index (χ1n) is 22.6. The maximum Gasteiger partial charge on any atom is 0.251 e. The minimum atomic E-state index is -0.161. The van der Waals surface area contributed by atoms with E-state index in [2.05, 4.69) is 67.0 Å². The van der Waals surface area contributed by atoms with E-state index in [1.165, 1.54) is 29.5 Å². The number of rotatable bonds is 10. The summed E-state index contributed by atoms with van der Waals surface area (Å²) in [6.07, 6.45) is 7.17. The first-order valence-corrected chi connectivity index (χ1v) is 22.6. The molecule has 6 N–H and O–H groups in total. The van der Waals surface area contributed by atoms with Crippen LogP contribution < -0.4 is 22.1 Å². The van der Waals surface area contributed by atoms with Crippen molar-refractivity contribution >= 4 is 23.5 Å². The van der Waals surface area contributed by atoms with Gasteiger partial charge in [0.05, 0.1) is 11.4 Å². The number of nitrogens with one attached hydrogen (secondary N) is 2. The molecule has 4 aromatic carbocycles. The second-order valence-corrected chi connectivity index (χ2v) is 17.9. The summed E-state index contributed by atoms with van der Waals surface area (Å²) in [6, 6.07) is 28.2. The first kappa shape index (κ1) is 42.7. The number of benzene rings is 4. The fourth-order valence-corrected chi connectivity index (χ4v) is 10.2. The third-order valence-electron chi connectivity index (χ3n) is 13.5. The number of aryl methyl sites for hydroxylation is 4. The van der Waals surface area contributed by atoms with Gasteiger partial charge in [0.25, 0.3) is 11.8 Å². The zero-order chi connectivity index (χ0) is 46.8. The van der Waals surface area contributed by atoms with Crippen LogP contribution in [0.15, 0.2) is 119 Å². The number of oxazole rings is 2. The van der Waals surface area contributed by atoms with Crippen molar-refractivity contribution in [2.45, 2.75) is 78.0 Å². The van der Waals surface area contributed by atoms with E-state index in [-0.39, 0.29) is 36.2 Å². The molecular formula is C54H48N8O6. The van der Waals surface area contributed by atoms with Crippen molar-refractivity contribution in [2.75, 3.05) is 11.5 Å². The van der Waals surface area contributed by atoms with E-state index >= 15 is 0 Å². The van der Waals surface area contributed by atoms with Gasteiger partial charge in [-0.05, 0) is 142 Å². The van der Waals surface area contributed by atoms with Crippen LogP contribution in [-0.2, 0) is 35.4 Å². The van der Waals surface area contributed by atoms with Crippen molar-refractivity contribution in [2.24, 2.45) is 0 Å². The van der Waals surface area contributed by atoms with Crippen LogP contribution in [0.2, 0.25) is 0 Å². The summed E-state index contributed by atoms with van der Waals surface area (Å²) in [5, 5.41) is 6.05. The fraction of sp³-hybridized carbons (Fsp3) is 0.222. The minimum Gasteiger partial charge on any atom is -0.451 e. The predicted molar refractivity (Wildman–Crippen MR) is 253 cm³/mol. The molecule has 68 heavy (non-hydrogen) atoms. The number of anilines is 2. The normalized spacial score (nSPS) is 17.5. The number of nitrogen functional groups attached to an aromatic ring is 2. The molecule has 4 aliphatic heterocycles. The molecule has 0 radical (unpaired) electrons. The topological polar surface area (TPSA) is 207 Å². The lowest BCUT2D eigenvalue weighted by atomic mass is 9.84. The lowest BCUT2D eigenvalue weighted by Crippen LogP contribution is -2.24. The molecule has 4 unspecified atom stereocenters. The highest BCUT2D eigenvalue weighted by Gasteiger charge is 2.44. The molecule has 4 atom stereocenters. The highest BCUT2D eigenvalue weighted by atomic mass is 16.5. The molecule has 4 aromatic heterocycles. The predicted octanol–water partition coefficient (Wildman–Crippen LogP) is 8.62. The molecule has 0 saturated heterocycles. The fourth-order valence-electron chi connectivity index (χ4n) is 10.2. The lowest BCUT2D eigenvalue weighted by Gasteiger charge is -2.18. The van der Waals surface area contributed by atoms with Crippen LogP contribution in [0.1, 0.15) is 146 Å². The Kier molecular flexibility index (Phi) is 10.7. The first-order chi connectivity index (χ1) is 32.9. The molecule has 4 bridgehead atoms. The highest BCUT2D eigenvalue weighted by Crippen LogP contribution is 2.55. The molecule has 8 heterocycles. The van der Waals surface area contributed by atoms with E-state index in [4.69, 9.17) is 29.8 Å².